The Morgan fingerprint density at radius 2 is 2.00 bits per heavy atom. The van der Waals surface area contributed by atoms with Gasteiger partial charge in [-0.15, -0.1) is 0 Å². The Kier molecular flexibility index (Phi) is 5.09. The summed E-state index contributed by atoms with van der Waals surface area (Å²) in [5.41, 5.74) is 0.936. The summed E-state index contributed by atoms with van der Waals surface area (Å²) < 4.78 is 1.49. The molecule has 0 saturated heterocycles. The number of rotatable bonds is 7. The predicted molar refractivity (Wildman–Crippen MR) is 76.5 cm³/mol. The molecule has 1 amide bonds. The van der Waals surface area contributed by atoms with E-state index in [0.29, 0.717) is 6.42 Å². The van der Waals surface area contributed by atoms with Crippen molar-refractivity contribution in [3.8, 4) is 0 Å². The van der Waals surface area contributed by atoms with Gasteiger partial charge in [0.25, 0.3) is 0 Å². The minimum Gasteiger partial charge on any atom is -0.481 e. The maximum absolute atomic E-state index is 11.7. The van der Waals surface area contributed by atoms with Crippen molar-refractivity contribution < 1.29 is 14.7 Å². The molecule has 6 heteroatoms. The Bertz CT molecular complexity index is 581. The molecular formula is C15H17N3O3. The van der Waals surface area contributed by atoms with Gasteiger partial charge in [-0.1, -0.05) is 30.3 Å². The predicted octanol–water partition coefficient (Wildman–Crippen LogP) is 0.943. The molecule has 1 unspecified atom stereocenters. The molecule has 1 aromatic carbocycles. The van der Waals surface area contributed by atoms with Crippen LogP contribution in [0.4, 0.5) is 0 Å². The highest BCUT2D eigenvalue weighted by Gasteiger charge is 2.19. The topological polar surface area (TPSA) is 84.2 Å². The van der Waals surface area contributed by atoms with Crippen molar-refractivity contribution in [1.29, 1.82) is 0 Å². The van der Waals surface area contributed by atoms with Crippen molar-refractivity contribution >= 4 is 11.9 Å². The number of benzene rings is 1. The molecular weight excluding hydrogens is 270 g/mol. The summed E-state index contributed by atoms with van der Waals surface area (Å²) >= 11 is 0. The second kappa shape index (κ2) is 7.23. The summed E-state index contributed by atoms with van der Waals surface area (Å²) in [5.74, 6) is -1.81. The van der Waals surface area contributed by atoms with Crippen molar-refractivity contribution in [2.75, 3.05) is 6.54 Å². The van der Waals surface area contributed by atoms with Gasteiger partial charge in [-0.2, -0.15) is 5.10 Å². The van der Waals surface area contributed by atoms with Gasteiger partial charge in [-0.3, -0.25) is 14.3 Å². The molecule has 0 aliphatic rings. The number of nitrogens with one attached hydrogen (secondary N) is 1. The number of carbonyl (C=O) groups excluding carboxylic acids is 1. The van der Waals surface area contributed by atoms with E-state index in [9.17, 15) is 14.7 Å². The van der Waals surface area contributed by atoms with Gasteiger partial charge in [0.2, 0.25) is 5.91 Å². The van der Waals surface area contributed by atoms with Gasteiger partial charge < -0.3 is 10.4 Å². The molecule has 2 N–H and O–H groups in total. The molecule has 0 bridgehead atoms. The average molecular weight is 287 g/mol. The van der Waals surface area contributed by atoms with E-state index in [0.717, 1.165) is 5.56 Å². The highest BCUT2D eigenvalue weighted by Crippen LogP contribution is 2.08. The lowest BCUT2D eigenvalue weighted by Crippen LogP contribution is -2.36. The van der Waals surface area contributed by atoms with Gasteiger partial charge in [0.1, 0.15) is 6.54 Å². The maximum Gasteiger partial charge on any atom is 0.308 e. The molecule has 0 radical (unpaired) electrons. The highest BCUT2D eigenvalue weighted by atomic mass is 16.4. The first kappa shape index (κ1) is 14.8. The molecule has 110 valence electrons. The second-order valence-electron chi connectivity index (χ2n) is 4.73. The van der Waals surface area contributed by atoms with Gasteiger partial charge in [-0.25, -0.2) is 0 Å². The van der Waals surface area contributed by atoms with Gasteiger partial charge in [0, 0.05) is 18.9 Å². The van der Waals surface area contributed by atoms with Crippen LogP contribution in [0.1, 0.15) is 5.56 Å². The van der Waals surface area contributed by atoms with Crippen LogP contribution in [0.2, 0.25) is 0 Å². The fraction of sp³-hybridized carbons (Fsp3) is 0.267. The molecule has 1 aromatic heterocycles. The number of carboxylic acid groups (broad SMARTS) is 1. The van der Waals surface area contributed by atoms with Crippen molar-refractivity contribution in [2.24, 2.45) is 5.92 Å². The fourth-order valence-electron chi connectivity index (χ4n) is 1.98. The monoisotopic (exact) mass is 287 g/mol. The lowest BCUT2D eigenvalue weighted by atomic mass is 9.99. The van der Waals surface area contributed by atoms with Gasteiger partial charge >= 0.3 is 5.97 Å². The number of carboxylic acids is 1. The first-order chi connectivity index (χ1) is 10.1. The molecule has 2 aromatic rings. The maximum atomic E-state index is 11.7. The number of hydrogen-bond acceptors (Lipinski definition) is 3. The largest absolute Gasteiger partial charge is 0.481 e. The summed E-state index contributed by atoms with van der Waals surface area (Å²) in [4.78, 5) is 23.0. The summed E-state index contributed by atoms with van der Waals surface area (Å²) in [6, 6.07) is 11.1. The SMILES string of the molecule is O=C(Cn1cccn1)NCC(Cc1ccccc1)C(=O)O. The van der Waals surface area contributed by atoms with Crippen LogP contribution in [0.3, 0.4) is 0 Å². The van der Waals surface area contributed by atoms with Crippen LogP contribution in [0.5, 0.6) is 0 Å². The minimum atomic E-state index is -0.918. The summed E-state index contributed by atoms with van der Waals surface area (Å²) in [5, 5.41) is 15.8. The zero-order chi connectivity index (χ0) is 15.1. The summed E-state index contributed by atoms with van der Waals surface area (Å²) in [7, 11) is 0. The number of amides is 1. The normalized spacial score (nSPS) is 11.8. The molecule has 0 fully saturated rings. The molecule has 0 aliphatic carbocycles. The number of aliphatic carboxylic acids is 1. The number of hydrogen-bond donors (Lipinski definition) is 2. The number of aromatic nitrogens is 2. The lowest BCUT2D eigenvalue weighted by molar-refractivity contribution is -0.141. The first-order valence-corrected chi connectivity index (χ1v) is 6.66. The Labute approximate surface area is 122 Å². The standard InChI is InChI=1S/C15H17N3O3/c19-14(11-18-8-4-7-17-18)16-10-13(15(20)21)9-12-5-2-1-3-6-12/h1-8,13H,9-11H2,(H,16,19)(H,20,21). The molecule has 21 heavy (non-hydrogen) atoms. The molecule has 0 aliphatic heterocycles. The quantitative estimate of drug-likeness (QED) is 0.794. The van der Waals surface area contributed by atoms with Crippen LogP contribution < -0.4 is 5.32 Å². The minimum absolute atomic E-state index is 0.0880. The first-order valence-electron chi connectivity index (χ1n) is 6.66. The van der Waals surface area contributed by atoms with Crippen molar-refractivity contribution in [1.82, 2.24) is 15.1 Å². The molecule has 2 rings (SSSR count). The molecule has 6 nitrogen and oxygen atoms in total. The Morgan fingerprint density at radius 3 is 2.62 bits per heavy atom. The average Bonchev–Trinajstić information content (AvgIpc) is 2.97. The van der Waals surface area contributed by atoms with Crippen LogP contribution in [-0.4, -0.2) is 33.3 Å². The van der Waals surface area contributed by atoms with Crippen LogP contribution in [0.15, 0.2) is 48.8 Å². The van der Waals surface area contributed by atoms with Crippen molar-refractivity contribution in [3.63, 3.8) is 0 Å². The van der Waals surface area contributed by atoms with Gasteiger partial charge in [-0.05, 0) is 18.1 Å². The van der Waals surface area contributed by atoms with Gasteiger partial charge in [0.05, 0.1) is 5.92 Å². The van der Waals surface area contributed by atoms with Crippen LogP contribution >= 0.6 is 0 Å². The van der Waals surface area contributed by atoms with E-state index in [-0.39, 0.29) is 19.0 Å². The fourth-order valence-corrected chi connectivity index (χ4v) is 1.98. The zero-order valence-corrected chi connectivity index (χ0v) is 11.5. The van der Waals surface area contributed by atoms with E-state index in [4.69, 9.17) is 0 Å². The Hall–Kier alpha value is -2.63. The van der Waals surface area contributed by atoms with E-state index < -0.39 is 11.9 Å². The van der Waals surface area contributed by atoms with E-state index in [2.05, 4.69) is 10.4 Å². The zero-order valence-electron chi connectivity index (χ0n) is 11.5. The number of nitrogens with zero attached hydrogens (tertiary/aromatic N) is 2. The van der Waals surface area contributed by atoms with Crippen molar-refractivity contribution in [3.05, 3.63) is 54.4 Å². The number of carbonyl (C=O) groups is 2. The Balaban J connectivity index is 1.85. The molecule has 1 atom stereocenters. The molecule has 1 heterocycles. The second-order valence-corrected chi connectivity index (χ2v) is 4.73. The van der Waals surface area contributed by atoms with Crippen LogP contribution in [0, 0.1) is 5.92 Å². The van der Waals surface area contributed by atoms with Crippen LogP contribution in [-0.2, 0) is 22.6 Å². The van der Waals surface area contributed by atoms with Gasteiger partial charge in [0.15, 0.2) is 0 Å². The lowest BCUT2D eigenvalue weighted by Gasteiger charge is -2.13. The summed E-state index contributed by atoms with van der Waals surface area (Å²) in [6.45, 7) is 0.189. The molecule has 0 spiro atoms. The summed E-state index contributed by atoms with van der Waals surface area (Å²) in [6.07, 6.45) is 3.65. The van der Waals surface area contributed by atoms with E-state index >= 15 is 0 Å². The van der Waals surface area contributed by atoms with Crippen molar-refractivity contribution in [2.45, 2.75) is 13.0 Å². The van der Waals surface area contributed by atoms with E-state index in [1.54, 1.807) is 18.5 Å². The third-order valence-electron chi connectivity index (χ3n) is 3.08. The Morgan fingerprint density at radius 1 is 1.24 bits per heavy atom. The third-order valence-corrected chi connectivity index (χ3v) is 3.08. The van der Waals surface area contributed by atoms with E-state index in [1.807, 2.05) is 30.3 Å². The van der Waals surface area contributed by atoms with E-state index in [1.165, 1.54) is 4.68 Å². The smallest absolute Gasteiger partial charge is 0.308 e. The third kappa shape index (κ3) is 4.76. The van der Waals surface area contributed by atoms with Crippen LogP contribution in [0.25, 0.3) is 0 Å². The molecule has 0 saturated carbocycles. The highest BCUT2D eigenvalue weighted by molar-refractivity contribution is 5.77.